The molecule has 0 saturated carbocycles. The van der Waals surface area contributed by atoms with Crippen molar-refractivity contribution in [1.29, 1.82) is 0 Å². The van der Waals surface area contributed by atoms with Crippen molar-refractivity contribution in [2.75, 3.05) is 12.4 Å². The maximum absolute atomic E-state index is 4.40. The zero-order valence-electron chi connectivity index (χ0n) is 8.13. The summed E-state index contributed by atoms with van der Waals surface area (Å²) in [5.74, 6) is 1.04. The lowest BCUT2D eigenvalue weighted by Crippen LogP contribution is -1.91. The van der Waals surface area contributed by atoms with Gasteiger partial charge in [-0.25, -0.2) is 4.98 Å². The number of aryl methyl sites for hydroxylation is 2. The molecule has 13 heavy (non-hydrogen) atoms. The number of nitrogens with one attached hydrogen (secondary N) is 1. The Morgan fingerprint density at radius 3 is 2.85 bits per heavy atom. The molecule has 2 rings (SSSR count). The van der Waals surface area contributed by atoms with Gasteiger partial charge in [0.15, 0.2) is 0 Å². The zero-order chi connectivity index (χ0) is 9.42. The maximum atomic E-state index is 4.40. The van der Waals surface area contributed by atoms with Gasteiger partial charge >= 0.3 is 0 Å². The number of hydrogen-bond donors (Lipinski definition) is 1. The highest BCUT2D eigenvalue weighted by molar-refractivity contribution is 5.61. The molecule has 0 unspecified atom stereocenters. The molecule has 0 aliphatic rings. The molecule has 0 amide bonds. The first-order valence-corrected chi connectivity index (χ1v) is 4.35. The van der Waals surface area contributed by atoms with Gasteiger partial charge in [0.25, 0.3) is 0 Å². The van der Waals surface area contributed by atoms with Crippen LogP contribution in [-0.4, -0.2) is 16.4 Å². The van der Waals surface area contributed by atoms with Gasteiger partial charge in [0, 0.05) is 18.9 Å². The van der Waals surface area contributed by atoms with E-state index in [1.165, 1.54) is 5.52 Å². The number of nitrogens with zero attached hydrogens (tertiary/aromatic N) is 2. The van der Waals surface area contributed by atoms with Crippen LogP contribution in [0, 0.1) is 13.8 Å². The molecule has 68 valence electrons. The molecule has 3 heteroatoms. The number of aromatic nitrogens is 2. The van der Waals surface area contributed by atoms with E-state index >= 15 is 0 Å². The summed E-state index contributed by atoms with van der Waals surface area (Å²) in [6.45, 7) is 4.04. The molecular formula is C10H13N3. The third-order valence-corrected chi connectivity index (χ3v) is 2.29. The van der Waals surface area contributed by atoms with Crippen molar-refractivity contribution < 1.29 is 0 Å². The summed E-state index contributed by atoms with van der Waals surface area (Å²) in [6, 6.07) is 4.15. The first-order chi connectivity index (χ1) is 6.22. The Labute approximate surface area is 77.4 Å². The highest BCUT2D eigenvalue weighted by Crippen LogP contribution is 2.16. The van der Waals surface area contributed by atoms with E-state index in [1.54, 1.807) is 0 Å². The molecule has 2 aromatic rings. The van der Waals surface area contributed by atoms with Crippen molar-refractivity contribution in [1.82, 2.24) is 9.38 Å². The van der Waals surface area contributed by atoms with Crippen LogP contribution in [0.3, 0.4) is 0 Å². The summed E-state index contributed by atoms with van der Waals surface area (Å²) < 4.78 is 2.09. The van der Waals surface area contributed by atoms with Crippen molar-refractivity contribution in [2.24, 2.45) is 0 Å². The van der Waals surface area contributed by atoms with Crippen LogP contribution in [0.4, 0.5) is 5.69 Å². The quantitative estimate of drug-likeness (QED) is 0.718. The maximum Gasteiger partial charge on any atom is 0.110 e. The molecule has 2 heterocycles. The Morgan fingerprint density at radius 2 is 2.15 bits per heavy atom. The summed E-state index contributed by atoms with van der Waals surface area (Å²) in [6.07, 6.45) is 2.04. The largest absolute Gasteiger partial charge is 0.388 e. The highest BCUT2D eigenvalue weighted by atomic mass is 15.0. The lowest BCUT2D eigenvalue weighted by atomic mass is 10.3. The van der Waals surface area contributed by atoms with Crippen LogP contribution >= 0.6 is 0 Å². The molecule has 0 aliphatic heterocycles. The van der Waals surface area contributed by atoms with E-state index in [2.05, 4.69) is 20.8 Å². The van der Waals surface area contributed by atoms with E-state index in [9.17, 15) is 0 Å². The second kappa shape index (κ2) is 2.76. The Bertz CT molecular complexity index is 443. The zero-order valence-corrected chi connectivity index (χ0v) is 8.13. The predicted molar refractivity (Wildman–Crippen MR) is 54.2 cm³/mol. The van der Waals surface area contributed by atoms with Gasteiger partial charge in [0.1, 0.15) is 5.82 Å². The fourth-order valence-corrected chi connectivity index (χ4v) is 1.57. The third-order valence-electron chi connectivity index (χ3n) is 2.29. The smallest absolute Gasteiger partial charge is 0.110 e. The molecule has 0 fully saturated rings. The minimum absolute atomic E-state index is 1.04. The SMILES string of the molecule is CNc1ccn2c(C)nc(C)c2c1. The normalized spacial score (nSPS) is 10.7. The van der Waals surface area contributed by atoms with Gasteiger partial charge in [-0.2, -0.15) is 0 Å². The van der Waals surface area contributed by atoms with Gasteiger partial charge in [-0.3, -0.25) is 0 Å². The molecule has 0 spiro atoms. The molecule has 3 nitrogen and oxygen atoms in total. The minimum atomic E-state index is 1.04. The van der Waals surface area contributed by atoms with Crippen LogP contribution in [0.25, 0.3) is 5.52 Å². The summed E-state index contributed by atoms with van der Waals surface area (Å²) in [5.41, 5.74) is 3.37. The number of fused-ring (bicyclic) bond motifs is 1. The lowest BCUT2D eigenvalue weighted by molar-refractivity contribution is 1.04. The van der Waals surface area contributed by atoms with E-state index in [4.69, 9.17) is 0 Å². The number of rotatable bonds is 1. The van der Waals surface area contributed by atoms with Crippen molar-refractivity contribution in [3.05, 3.63) is 29.8 Å². The number of imidazole rings is 1. The second-order valence-corrected chi connectivity index (χ2v) is 3.17. The van der Waals surface area contributed by atoms with Crippen molar-refractivity contribution in [3.8, 4) is 0 Å². The van der Waals surface area contributed by atoms with Crippen LogP contribution in [0.2, 0.25) is 0 Å². The molecule has 0 saturated heterocycles. The molecule has 0 bridgehead atoms. The van der Waals surface area contributed by atoms with Gasteiger partial charge in [0.05, 0.1) is 11.2 Å². The van der Waals surface area contributed by atoms with E-state index < -0.39 is 0 Å². The van der Waals surface area contributed by atoms with Gasteiger partial charge in [-0.05, 0) is 26.0 Å². The number of hydrogen-bond acceptors (Lipinski definition) is 2. The van der Waals surface area contributed by atoms with E-state index in [0.717, 1.165) is 17.2 Å². The second-order valence-electron chi connectivity index (χ2n) is 3.17. The first-order valence-electron chi connectivity index (χ1n) is 4.35. The van der Waals surface area contributed by atoms with Crippen LogP contribution in [0.1, 0.15) is 11.5 Å². The minimum Gasteiger partial charge on any atom is -0.388 e. The summed E-state index contributed by atoms with van der Waals surface area (Å²) in [7, 11) is 1.92. The Kier molecular flexibility index (Phi) is 1.72. The van der Waals surface area contributed by atoms with Crippen LogP contribution in [0.15, 0.2) is 18.3 Å². The summed E-state index contributed by atoms with van der Waals surface area (Å²) >= 11 is 0. The molecule has 0 aromatic carbocycles. The van der Waals surface area contributed by atoms with Crippen LogP contribution < -0.4 is 5.32 Å². The Morgan fingerprint density at radius 1 is 1.38 bits per heavy atom. The first kappa shape index (κ1) is 8.10. The van der Waals surface area contributed by atoms with Crippen LogP contribution in [0.5, 0.6) is 0 Å². The molecule has 1 N–H and O–H groups in total. The van der Waals surface area contributed by atoms with Crippen molar-refractivity contribution in [2.45, 2.75) is 13.8 Å². The van der Waals surface area contributed by atoms with Gasteiger partial charge in [-0.15, -0.1) is 0 Å². The van der Waals surface area contributed by atoms with E-state index in [0.29, 0.717) is 0 Å². The molecule has 0 radical (unpaired) electrons. The third kappa shape index (κ3) is 1.16. The Hall–Kier alpha value is -1.51. The predicted octanol–water partition coefficient (Wildman–Crippen LogP) is 1.99. The van der Waals surface area contributed by atoms with Gasteiger partial charge in [-0.1, -0.05) is 0 Å². The van der Waals surface area contributed by atoms with Gasteiger partial charge < -0.3 is 9.72 Å². The lowest BCUT2D eigenvalue weighted by Gasteiger charge is -2.01. The average molecular weight is 175 g/mol. The van der Waals surface area contributed by atoms with E-state index in [-0.39, 0.29) is 0 Å². The topological polar surface area (TPSA) is 29.3 Å². The highest BCUT2D eigenvalue weighted by Gasteiger charge is 2.03. The summed E-state index contributed by atoms with van der Waals surface area (Å²) in [4.78, 5) is 4.40. The fraction of sp³-hybridized carbons (Fsp3) is 0.300. The monoisotopic (exact) mass is 175 g/mol. The summed E-state index contributed by atoms with van der Waals surface area (Å²) in [5, 5.41) is 3.11. The number of anilines is 1. The molecular weight excluding hydrogens is 162 g/mol. The fourth-order valence-electron chi connectivity index (χ4n) is 1.57. The van der Waals surface area contributed by atoms with Crippen LogP contribution in [-0.2, 0) is 0 Å². The molecule has 0 atom stereocenters. The standard InChI is InChI=1S/C10H13N3/c1-7-10-6-9(11-3)4-5-13(10)8(2)12-7/h4-6,11H,1-3H3. The van der Waals surface area contributed by atoms with Crippen molar-refractivity contribution >= 4 is 11.2 Å². The molecule has 2 aromatic heterocycles. The van der Waals surface area contributed by atoms with E-state index in [1.807, 2.05) is 33.2 Å². The van der Waals surface area contributed by atoms with Crippen molar-refractivity contribution in [3.63, 3.8) is 0 Å². The average Bonchev–Trinajstić information content (AvgIpc) is 2.42. The number of pyridine rings is 1. The Balaban J connectivity index is 2.76. The molecule has 0 aliphatic carbocycles. The van der Waals surface area contributed by atoms with Gasteiger partial charge in [0.2, 0.25) is 0 Å².